The molecule has 0 saturated carbocycles. The van der Waals surface area contributed by atoms with Crippen molar-refractivity contribution in [3.05, 3.63) is 34.9 Å². The van der Waals surface area contributed by atoms with Crippen molar-refractivity contribution in [1.82, 2.24) is 0 Å². The zero-order valence-electron chi connectivity index (χ0n) is 9.64. The number of carboxylic acid groups (broad SMARTS) is 1. The van der Waals surface area contributed by atoms with E-state index >= 15 is 0 Å². The molecule has 0 aliphatic heterocycles. The Morgan fingerprint density at radius 3 is 2.83 bits per heavy atom. The van der Waals surface area contributed by atoms with Gasteiger partial charge in [-0.25, -0.2) is 9.59 Å². The molecule has 6 heteroatoms. The van der Waals surface area contributed by atoms with Crippen LogP contribution in [-0.4, -0.2) is 23.8 Å². The molecule has 0 aliphatic carbocycles. The van der Waals surface area contributed by atoms with Gasteiger partial charge in [0.2, 0.25) is 0 Å². The number of carbonyl (C=O) groups is 2. The van der Waals surface area contributed by atoms with Crippen molar-refractivity contribution in [3.63, 3.8) is 0 Å². The van der Waals surface area contributed by atoms with E-state index in [4.69, 9.17) is 21.4 Å². The summed E-state index contributed by atoms with van der Waals surface area (Å²) in [7, 11) is 0. The number of anilines is 1. The topological polar surface area (TPSA) is 75.6 Å². The molecule has 96 valence electrons. The molecule has 1 aromatic rings. The number of carbonyl (C=O) groups excluding carboxylic acids is 1. The number of ether oxygens (including phenoxy) is 1. The summed E-state index contributed by atoms with van der Waals surface area (Å²) < 4.78 is 4.73. The van der Waals surface area contributed by atoms with Crippen LogP contribution in [0.4, 0.5) is 10.5 Å². The Kier molecular flexibility index (Phi) is 5.20. The van der Waals surface area contributed by atoms with Crippen molar-refractivity contribution in [1.29, 1.82) is 0 Å². The van der Waals surface area contributed by atoms with Crippen molar-refractivity contribution < 1.29 is 19.4 Å². The lowest BCUT2D eigenvalue weighted by atomic mass is 10.1. The minimum Gasteiger partial charge on any atom is -0.478 e. The first kappa shape index (κ1) is 14.1. The summed E-state index contributed by atoms with van der Waals surface area (Å²) in [6, 6.07) is 4.71. The van der Waals surface area contributed by atoms with E-state index in [2.05, 4.69) is 5.32 Å². The Morgan fingerprint density at radius 1 is 1.50 bits per heavy atom. The van der Waals surface area contributed by atoms with E-state index in [1.54, 1.807) is 19.1 Å². The van der Waals surface area contributed by atoms with Crippen LogP contribution in [0.1, 0.15) is 12.5 Å². The third-order valence-corrected chi connectivity index (χ3v) is 2.17. The molecule has 1 rings (SSSR count). The molecule has 0 unspecified atom stereocenters. The lowest BCUT2D eigenvalue weighted by Gasteiger charge is -2.08. The van der Waals surface area contributed by atoms with E-state index in [0.29, 0.717) is 16.3 Å². The number of hydrogen-bond donors (Lipinski definition) is 2. The summed E-state index contributed by atoms with van der Waals surface area (Å²) in [5.41, 5.74) is 0.910. The SMILES string of the molecule is CCOC(=O)Nc1cc(Cl)ccc1C=CC(=O)O. The van der Waals surface area contributed by atoms with E-state index in [0.717, 1.165) is 6.08 Å². The van der Waals surface area contributed by atoms with E-state index in [1.165, 1.54) is 12.1 Å². The number of hydrogen-bond acceptors (Lipinski definition) is 3. The van der Waals surface area contributed by atoms with Crippen molar-refractivity contribution in [2.75, 3.05) is 11.9 Å². The van der Waals surface area contributed by atoms with Gasteiger partial charge in [0.15, 0.2) is 0 Å². The minimum atomic E-state index is -1.08. The maximum absolute atomic E-state index is 11.3. The predicted octanol–water partition coefficient (Wildman–Crippen LogP) is 3.01. The van der Waals surface area contributed by atoms with Crippen LogP contribution in [0.3, 0.4) is 0 Å². The van der Waals surface area contributed by atoms with Crippen LogP contribution in [0.2, 0.25) is 5.02 Å². The highest BCUT2D eigenvalue weighted by Gasteiger charge is 2.06. The number of nitrogens with one attached hydrogen (secondary N) is 1. The monoisotopic (exact) mass is 269 g/mol. The number of benzene rings is 1. The number of amides is 1. The Morgan fingerprint density at radius 2 is 2.22 bits per heavy atom. The van der Waals surface area contributed by atoms with E-state index < -0.39 is 12.1 Å². The maximum Gasteiger partial charge on any atom is 0.411 e. The van der Waals surface area contributed by atoms with Crippen LogP contribution < -0.4 is 5.32 Å². The molecular weight excluding hydrogens is 258 g/mol. The highest BCUT2D eigenvalue weighted by atomic mass is 35.5. The van der Waals surface area contributed by atoms with Crippen molar-refractivity contribution in [2.45, 2.75) is 6.92 Å². The summed E-state index contributed by atoms with van der Waals surface area (Å²) in [4.78, 5) is 21.7. The third-order valence-electron chi connectivity index (χ3n) is 1.93. The molecule has 2 N–H and O–H groups in total. The van der Waals surface area contributed by atoms with Crippen molar-refractivity contribution in [2.24, 2.45) is 0 Å². The van der Waals surface area contributed by atoms with Gasteiger partial charge in [-0.1, -0.05) is 17.7 Å². The first-order valence-corrected chi connectivity index (χ1v) is 5.55. The molecule has 1 amide bonds. The highest BCUT2D eigenvalue weighted by Crippen LogP contribution is 2.22. The standard InChI is InChI=1S/C12H12ClNO4/c1-2-18-12(17)14-10-7-9(13)5-3-8(10)4-6-11(15)16/h3-7H,2H2,1H3,(H,14,17)(H,15,16). The number of aliphatic carboxylic acids is 1. The second kappa shape index (κ2) is 6.66. The molecule has 0 aromatic heterocycles. The molecule has 0 radical (unpaired) electrons. The molecule has 0 atom stereocenters. The molecule has 18 heavy (non-hydrogen) atoms. The largest absolute Gasteiger partial charge is 0.478 e. The zero-order chi connectivity index (χ0) is 13.5. The molecule has 0 fully saturated rings. The van der Waals surface area contributed by atoms with Crippen LogP contribution in [0.25, 0.3) is 6.08 Å². The second-order valence-corrected chi connectivity index (χ2v) is 3.69. The Balaban J connectivity index is 2.96. The molecule has 0 bridgehead atoms. The van der Waals surface area contributed by atoms with Gasteiger partial charge in [-0.05, 0) is 30.7 Å². The summed E-state index contributed by atoms with van der Waals surface area (Å²) in [6.45, 7) is 1.93. The average Bonchev–Trinajstić information content (AvgIpc) is 2.28. The first-order valence-electron chi connectivity index (χ1n) is 5.17. The predicted molar refractivity (Wildman–Crippen MR) is 68.8 cm³/mol. The van der Waals surface area contributed by atoms with Gasteiger partial charge in [-0.15, -0.1) is 0 Å². The van der Waals surface area contributed by atoms with Gasteiger partial charge in [-0.2, -0.15) is 0 Å². The van der Waals surface area contributed by atoms with E-state index in [1.807, 2.05) is 0 Å². The maximum atomic E-state index is 11.3. The van der Waals surface area contributed by atoms with Crippen LogP contribution in [0.5, 0.6) is 0 Å². The molecular formula is C12H12ClNO4. The minimum absolute atomic E-state index is 0.243. The van der Waals surface area contributed by atoms with Crippen molar-refractivity contribution >= 4 is 35.4 Å². The van der Waals surface area contributed by atoms with Gasteiger partial charge in [0.1, 0.15) is 0 Å². The highest BCUT2D eigenvalue weighted by molar-refractivity contribution is 6.31. The smallest absolute Gasteiger partial charge is 0.411 e. The van der Waals surface area contributed by atoms with Gasteiger partial charge in [0.05, 0.1) is 12.3 Å². The molecule has 1 aromatic carbocycles. The Bertz CT molecular complexity index is 485. The normalized spacial score (nSPS) is 10.3. The molecule has 0 spiro atoms. The summed E-state index contributed by atoms with van der Waals surface area (Å²) in [6.07, 6.45) is 1.71. The summed E-state index contributed by atoms with van der Waals surface area (Å²) in [5.74, 6) is -1.08. The molecule has 0 saturated heterocycles. The summed E-state index contributed by atoms with van der Waals surface area (Å²) >= 11 is 5.81. The summed E-state index contributed by atoms with van der Waals surface area (Å²) in [5, 5.41) is 11.5. The Labute approximate surface area is 109 Å². The fourth-order valence-electron chi connectivity index (χ4n) is 1.22. The lowest BCUT2D eigenvalue weighted by molar-refractivity contribution is -0.131. The fraction of sp³-hybridized carbons (Fsp3) is 0.167. The van der Waals surface area contributed by atoms with Crippen LogP contribution in [0.15, 0.2) is 24.3 Å². The number of rotatable bonds is 4. The second-order valence-electron chi connectivity index (χ2n) is 3.25. The van der Waals surface area contributed by atoms with Gasteiger partial charge in [0.25, 0.3) is 0 Å². The molecule has 0 aliphatic rings. The number of carboxylic acids is 1. The van der Waals surface area contributed by atoms with E-state index in [-0.39, 0.29) is 6.61 Å². The van der Waals surface area contributed by atoms with E-state index in [9.17, 15) is 9.59 Å². The van der Waals surface area contributed by atoms with Gasteiger partial charge < -0.3 is 9.84 Å². The number of halogens is 1. The fourth-order valence-corrected chi connectivity index (χ4v) is 1.39. The first-order chi connectivity index (χ1) is 8.52. The molecule has 5 nitrogen and oxygen atoms in total. The van der Waals surface area contributed by atoms with Crippen LogP contribution in [-0.2, 0) is 9.53 Å². The molecule has 0 heterocycles. The van der Waals surface area contributed by atoms with Gasteiger partial charge >= 0.3 is 12.1 Å². The third kappa shape index (κ3) is 4.47. The van der Waals surface area contributed by atoms with Gasteiger partial charge in [-0.3, -0.25) is 5.32 Å². The van der Waals surface area contributed by atoms with Crippen LogP contribution >= 0.6 is 11.6 Å². The van der Waals surface area contributed by atoms with Crippen molar-refractivity contribution in [3.8, 4) is 0 Å². The Hall–Kier alpha value is -2.01. The average molecular weight is 270 g/mol. The quantitative estimate of drug-likeness (QED) is 0.824. The zero-order valence-corrected chi connectivity index (χ0v) is 10.4. The van der Waals surface area contributed by atoms with Crippen LogP contribution in [0, 0.1) is 0 Å². The van der Waals surface area contributed by atoms with Gasteiger partial charge in [0, 0.05) is 11.1 Å². The lowest BCUT2D eigenvalue weighted by Crippen LogP contribution is -2.14.